The van der Waals surface area contributed by atoms with Gasteiger partial charge in [0.1, 0.15) is 0 Å². The maximum atomic E-state index is 12.4. The first kappa shape index (κ1) is 18.3. The van der Waals surface area contributed by atoms with E-state index in [4.69, 9.17) is 21.1 Å². The van der Waals surface area contributed by atoms with Crippen molar-refractivity contribution in [2.24, 2.45) is 11.8 Å². The van der Waals surface area contributed by atoms with E-state index in [-0.39, 0.29) is 5.56 Å². The van der Waals surface area contributed by atoms with Crippen molar-refractivity contribution in [3.8, 4) is 11.5 Å². The van der Waals surface area contributed by atoms with E-state index in [9.17, 15) is 9.59 Å². The number of carbonyl (C=O) groups is 1. The van der Waals surface area contributed by atoms with Crippen molar-refractivity contribution in [1.29, 1.82) is 0 Å². The zero-order valence-corrected chi connectivity index (χ0v) is 15.1. The number of nitrogens with one attached hydrogen (secondary N) is 1. The van der Waals surface area contributed by atoms with Crippen LogP contribution in [0.3, 0.4) is 0 Å². The number of hydrogen-bond acceptors (Lipinski definition) is 4. The Morgan fingerprint density at radius 2 is 1.62 bits per heavy atom. The molecule has 0 atom stereocenters. The van der Waals surface area contributed by atoms with Gasteiger partial charge in [0.25, 0.3) is 5.24 Å². The fraction of sp³-hybridized carbons (Fsp3) is 0.444. The molecule has 1 heterocycles. The third kappa shape index (κ3) is 4.29. The van der Waals surface area contributed by atoms with Crippen molar-refractivity contribution >= 4 is 27.7 Å². The van der Waals surface area contributed by atoms with Gasteiger partial charge >= 0.3 is 0 Å². The molecule has 130 valence electrons. The van der Waals surface area contributed by atoms with Crippen LogP contribution in [-0.2, 0) is 0 Å². The van der Waals surface area contributed by atoms with Crippen molar-refractivity contribution in [2.45, 2.75) is 27.7 Å². The Balaban J connectivity index is 2.53. The molecular weight excluding hydrogens is 330 g/mol. The van der Waals surface area contributed by atoms with E-state index in [1.807, 2.05) is 13.8 Å². The largest absolute Gasteiger partial charge is 0.489 e. The lowest BCUT2D eigenvalue weighted by atomic mass is 10.1. The van der Waals surface area contributed by atoms with E-state index < -0.39 is 10.7 Å². The minimum atomic E-state index is -0.789. The van der Waals surface area contributed by atoms with Crippen molar-refractivity contribution < 1.29 is 14.3 Å². The highest BCUT2D eigenvalue weighted by Crippen LogP contribution is 2.31. The van der Waals surface area contributed by atoms with Gasteiger partial charge in [-0.05, 0) is 29.5 Å². The molecule has 2 rings (SSSR count). The summed E-state index contributed by atoms with van der Waals surface area (Å²) in [5, 5.41) is -0.444. The fourth-order valence-electron chi connectivity index (χ4n) is 2.11. The minimum Gasteiger partial charge on any atom is -0.489 e. The smallest absolute Gasteiger partial charge is 0.257 e. The van der Waals surface area contributed by atoms with Crippen molar-refractivity contribution in [1.82, 2.24) is 4.98 Å². The molecule has 0 aliphatic carbocycles. The fourth-order valence-corrected chi connectivity index (χ4v) is 2.25. The van der Waals surface area contributed by atoms with Gasteiger partial charge in [0, 0.05) is 12.3 Å². The Kier molecular flexibility index (Phi) is 5.89. The molecule has 0 radical (unpaired) electrons. The lowest BCUT2D eigenvalue weighted by molar-refractivity contribution is 0.108. The Hall–Kier alpha value is -2.01. The van der Waals surface area contributed by atoms with E-state index in [1.54, 1.807) is 12.1 Å². The van der Waals surface area contributed by atoms with Crippen LogP contribution in [-0.4, -0.2) is 23.4 Å². The second-order valence-corrected chi connectivity index (χ2v) is 6.90. The van der Waals surface area contributed by atoms with E-state index in [0.29, 0.717) is 47.5 Å². The minimum absolute atomic E-state index is 0.0881. The Morgan fingerprint density at radius 3 is 2.12 bits per heavy atom. The van der Waals surface area contributed by atoms with Gasteiger partial charge in [-0.15, -0.1) is 0 Å². The summed E-state index contributed by atoms with van der Waals surface area (Å²) >= 11 is 5.45. The molecule has 0 saturated heterocycles. The van der Waals surface area contributed by atoms with E-state index in [2.05, 4.69) is 18.8 Å². The SMILES string of the molecule is CC(C)COc1cc2[nH]cc(C(=O)Cl)c(=O)c2cc1OCC(C)C. The van der Waals surface area contributed by atoms with Gasteiger partial charge in [-0.2, -0.15) is 0 Å². The first-order valence-corrected chi connectivity index (χ1v) is 8.32. The summed E-state index contributed by atoms with van der Waals surface area (Å²) in [6.07, 6.45) is 1.32. The number of halogens is 1. The standard InChI is InChI=1S/C18H22ClNO4/c1-10(2)8-23-15-5-12-14(6-16(15)24-9-11(3)4)20-7-13(17(12)21)18(19)22/h5-7,10-11H,8-9H2,1-4H3,(H,20,21). The van der Waals surface area contributed by atoms with Crippen LogP contribution in [0.15, 0.2) is 23.1 Å². The van der Waals surface area contributed by atoms with Gasteiger partial charge in [0.2, 0.25) is 5.43 Å². The number of ether oxygens (including phenoxy) is 2. The number of rotatable bonds is 7. The number of aromatic amines is 1. The average Bonchev–Trinajstić information content (AvgIpc) is 2.50. The molecule has 0 spiro atoms. The zero-order valence-electron chi connectivity index (χ0n) is 14.3. The molecule has 1 N–H and O–H groups in total. The predicted octanol–water partition coefficient (Wildman–Crippen LogP) is 3.98. The Labute approximate surface area is 145 Å². The summed E-state index contributed by atoms with van der Waals surface area (Å²) in [7, 11) is 0. The molecule has 1 aromatic heterocycles. The van der Waals surface area contributed by atoms with Crippen LogP contribution in [0, 0.1) is 11.8 Å². The lowest BCUT2D eigenvalue weighted by Crippen LogP contribution is -2.14. The van der Waals surface area contributed by atoms with Gasteiger partial charge in [-0.1, -0.05) is 27.7 Å². The molecule has 1 aromatic carbocycles. The summed E-state index contributed by atoms with van der Waals surface area (Å²) in [5.74, 6) is 1.74. The highest BCUT2D eigenvalue weighted by molar-refractivity contribution is 6.67. The summed E-state index contributed by atoms with van der Waals surface area (Å²) in [6, 6.07) is 3.33. The van der Waals surface area contributed by atoms with Crippen LogP contribution in [0.2, 0.25) is 0 Å². The molecule has 2 aromatic rings. The second-order valence-electron chi connectivity index (χ2n) is 6.56. The van der Waals surface area contributed by atoms with Crippen LogP contribution in [0.25, 0.3) is 10.9 Å². The third-order valence-electron chi connectivity index (χ3n) is 3.30. The van der Waals surface area contributed by atoms with Gasteiger partial charge in [-0.25, -0.2) is 0 Å². The van der Waals surface area contributed by atoms with Crippen LogP contribution >= 0.6 is 11.6 Å². The number of benzene rings is 1. The van der Waals surface area contributed by atoms with Crippen LogP contribution in [0.1, 0.15) is 38.1 Å². The van der Waals surface area contributed by atoms with E-state index in [1.165, 1.54) is 6.20 Å². The average molecular weight is 352 g/mol. The second kappa shape index (κ2) is 7.71. The molecule has 5 nitrogen and oxygen atoms in total. The highest BCUT2D eigenvalue weighted by Gasteiger charge is 2.15. The van der Waals surface area contributed by atoms with Crippen molar-refractivity contribution in [2.75, 3.05) is 13.2 Å². The van der Waals surface area contributed by atoms with E-state index >= 15 is 0 Å². The van der Waals surface area contributed by atoms with Gasteiger partial charge in [0.15, 0.2) is 11.5 Å². The van der Waals surface area contributed by atoms with Crippen molar-refractivity contribution in [3.05, 3.63) is 34.1 Å². The molecule has 6 heteroatoms. The molecule has 0 saturated carbocycles. The normalized spacial score (nSPS) is 11.3. The first-order chi connectivity index (χ1) is 11.3. The molecule has 0 aliphatic rings. The maximum Gasteiger partial charge on any atom is 0.257 e. The Morgan fingerprint density at radius 1 is 1.08 bits per heavy atom. The third-order valence-corrected chi connectivity index (χ3v) is 3.50. The molecule has 24 heavy (non-hydrogen) atoms. The Bertz CT molecular complexity index is 795. The lowest BCUT2D eigenvalue weighted by Gasteiger charge is -2.16. The highest BCUT2D eigenvalue weighted by atomic mass is 35.5. The summed E-state index contributed by atoms with van der Waals surface area (Å²) in [5.41, 5.74) is 0.0562. The van der Waals surface area contributed by atoms with Crippen LogP contribution < -0.4 is 14.9 Å². The number of carbonyl (C=O) groups excluding carboxylic acids is 1. The van der Waals surface area contributed by atoms with E-state index in [0.717, 1.165) is 0 Å². The van der Waals surface area contributed by atoms with Gasteiger partial charge in [-0.3, -0.25) is 9.59 Å². The monoisotopic (exact) mass is 351 g/mol. The van der Waals surface area contributed by atoms with Crippen molar-refractivity contribution in [3.63, 3.8) is 0 Å². The number of hydrogen-bond donors (Lipinski definition) is 1. The topological polar surface area (TPSA) is 68.4 Å². The number of fused-ring (bicyclic) bond motifs is 1. The predicted molar refractivity (Wildman–Crippen MR) is 95.4 cm³/mol. The summed E-state index contributed by atoms with van der Waals surface area (Å²) in [6.45, 7) is 9.20. The summed E-state index contributed by atoms with van der Waals surface area (Å²) < 4.78 is 11.6. The van der Waals surface area contributed by atoms with Gasteiger partial charge < -0.3 is 14.5 Å². The number of H-pyrrole nitrogens is 1. The zero-order chi connectivity index (χ0) is 17.9. The molecular formula is C18H22ClNO4. The molecule has 0 unspecified atom stereocenters. The maximum absolute atomic E-state index is 12.4. The van der Waals surface area contributed by atoms with Crippen LogP contribution in [0.4, 0.5) is 0 Å². The van der Waals surface area contributed by atoms with Crippen LogP contribution in [0.5, 0.6) is 11.5 Å². The van der Waals surface area contributed by atoms with Gasteiger partial charge in [0.05, 0.1) is 29.7 Å². The molecule has 0 bridgehead atoms. The number of aromatic nitrogens is 1. The molecule has 0 amide bonds. The first-order valence-electron chi connectivity index (χ1n) is 7.94. The summed E-state index contributed by atoms with van der Waals surface area (Å²) in [4.78, 5) is 26.7. The molecule has 0 aliphatic heterocycles. The quantitative estimate of drug-likeness (QED) is 0.766. The number of pyridine rings is 1. The molecule has 0 fully saturated rings.